The molecule has 0 amide bonds. The summed E-state index contributed by atoms with van der Waals surface area (Å²) in [5.74, 6) is 0.573. The topological polar surface area (TPSA) is 74.1 Å². The van der Waals surface area contributed by atoms with Gasteiger partial charge >= 0.3 is 0 Å². The van der Waals surface area contributed by atoms with E-state index >= 15 is 0 Å². The van der Waals surface area contributed by atoms with Crippen LogP contribution in [0.1, 0.15) is 11.1 Å². The number of rotatable bonds is 6. The molecule has 1 saturated heterocycles. The van der Waals surface area contributed by atoms with Crippen LogP contribution in [0.15, 0.2) is 64.6 Å². The highest BCUT2D eigenvalue weighted by Gasteiger charge is 2.11. The van der Waals surface area contributed by atoms with Gasteiger partial charge in [-0.1, -0.05) is 23.9 Å². The number of hydrogen-bond donors (Lipinski definition) is 1. The molecule has 7 heteroatoms. The highest BCUT2D eigenvalue weighted by atomic mass is 32.2. The van der Waals surface area contributed by atoms with Gasteiger partial charge in [0.25, 0.3) is 0 Å². The molecule has 6 nitrogen and oxygen atoms in total. The fourth-order valence-corrected chi connectivity index (χ4v) is 4.02. The zero-order valence-electron chi connectivity index (χ0n) is 16.8. The van der Waals surface area contributed by atoms with Crippen molar-refractivity contribution in [2.24, 2.45) is 0 Å². The minimum Gasteiger partial charge on any atom is -0.378 e. The predicted molar refractivity (Wildman–Crippen MR) is 119 cm³/mol. The van der Waals surface area contributed by atoms with Crippen molar-refractivity contribution in [1.29, 1.82) is 5.26 Å². The lowest BCUT2D eigenvalue weighted by molar-refractivity contribution is 0.122. The van der Waals surface area contributed by atoms with Crippen LogP contribution in [0.3, 0.4) is 0 Å². The highest BCUT2D eigenvalue weighted by molar-refractivity contribution is 7.99. The Kier molecular flexibility index (Phi) is 6.47. The van der Waals surface area contributed by atoms with Gasteiger partial charge < -0.3 is 15.0 Å². The molecule has 1 fully saturated rings. The van der Waals surface area contributed by atoms with Gasteiger partial charge in [-0.05, 0) is 48.9 Å². The standard InChI is InChI=1S/C23H23N5OS/c1-17-16-25-23(27-22(17)30-21-8-2-18(3-9-21)10-11-24)26-19-4-6-20(7-5-19)28-12-14-29-15-13-28/h2-9,16H,10,12-15H2,1H3,(H,25,26,27). The monoisotopic (exact) mass is 417 g/mol. The lowest BCUT2D eigenvalue weighted by Crippen LogP contribution is -2.36. The van der Waals surface area contributed by atoms with Crippen LogP contribution in [0.5, 0.6) is 0 Å². The molecule has 0 radical (unpaired) electrons. The molecule has 1 N–H and O–H groups in total. The molecule has 0 unspecified atom stereocenters. The summed E-state index contributed by atoms with van der Waals surface area (Å²) in [5, 5.41) is 13.0. The van der Waals surface area contributed by atoms with E-state index in [-0.39, 0.29) is 0 Å². The SMILES string of the molecule is Cc1cnc(Nc2ccc(N3CCOCC3)cc2)nc1Sc1ccc(CC#N)cc1. The number of hydrogen-bond acceptors (Lipinski definition) is 7. The Bertz CT molecular complexity index is 1020. The zero-order valence-corrected chi connectivity index (χ0v) is 17.7. The second kappa shape index (κ2) is 9.61. The number of anilines is 3. The lowest BCUT2D eigenvalue weighted by atomic mass is 10.2. The van der Waals surface area contributed by atoms with E-state index in [0.29, 0.717) is 12.4 Å². The molecule has 0 aliphatic carbocycles. The summed E-state index contributed by atoms with van der Waals surface area (Å²) in [6.45, 7) is 5.41. The van der Waals surface area contributed by atoms with E-state index < -0.39 is 0 Å². The number of aryl methyl sites for hydroxylation is 1. The summed E-state index contributed by atoms with van der Waals surface area (Å²) in [6.07, 6.45) is 2.26. The summed E-state index contributed by atoms with van der Waals surface area (Å²) < 4.78 is 5.42. The van der Waals surface area contributed by atoms with E-state index in [1.165, 1.54) is 5.69 Å². The molecule has 152 valence electrons. The molecule has 4 rings (SSSR count). The van der Waals surface area contributed by atoms with Crippen molar-refractivity contribution in [2.45, 2.75) is 23.3 Å². The number of ether oxygens (including phenoxy) is 1. The van der Waals surface area contributed by atoms with Gasteiger partial charge in [-0.15, -0.1) is 0 Å². The number of nitriles is 1. The van der Waals surface area contributed by atoms with E-state index in [1.54, 1.807) is 11.8 Å². The molecule has 0 spiro atoms. The number of nitrogens with zero attached hydrogens (tertiary/aromatic N) is 4. The molecule has 1 aliphatic rings. The van der Waals surface area contributed by atoms with Gasteiger partial charge in [-0.3, -0.25) is 0 Å². The van der Waals surface area contributed by atoms with Crippen molar-refractivity contribution in [2.75, 3.05) is 36.5 Å². The lowest BCUT2D eigenvalue weighted by Gasteiger charge is -2.28. The molecule has 0 bridgehead atoms. The molecule has 3 aromatic rings. The zero-order chi connectivity index (χ0) is 20.8. The highest BCUT2D eigenvalue weighted by Crippen LogP contribution is 2.30. The van der Waals surface area contributed by atoms with Crippen LogP contribution in [-0.4, -0.2) is 36.3 Å². The van der Waals surface area contributed by atoms with E-state index in [2.05, 4.69) is 45.5 Å². The van der Waals surface area contributed by atoms with Crippen LogP contribution >= 0.6 is 11.8 Å². The Morgan fingerprint density at radius 2 is 1.83 bits per heavy atom. The maximum atomic E-state index is 8.81. The first-order valence-corrected chi connectivity index (χ1v) is 10.7. The number of benzene rings is 2. The quantitative estimate of drug-likeness (QED) is 0.588. The van der Waals surface area contributed by atoms with Gasteiger partial charge in [0.05, 0.1) is 25.7 Å². The van der Waals surface area contributed by atoms with Crippen molar-refractivity contribution >= 4 is 29.1 Å². The van der Waals surface area contributed by atoms with Crippen LogP contribution < -0.4 is 10.2 Å². The second-order valence-electron chi connectivity index (χ2n) is 7.03. The second-order valence-corrected chi connectivity index (χ2v) is 8.10. The van der Waals surface area contributed by atoms with E-state index in [1.807, 2.05) is 37.4 Å². The van der Waals surface area contributed by atoms with E-state index in [0.717, 1.165) is 53.0 Å². The van der Waals surface area contributed by atoms with E-state index in [4.69, 9.17) is 15.0 Å². The Morgan fingerprint density at radius 3 is 2.53 bits per heavy atom. The van der Waals surface area contributed by atoms with Crippen molar-refractivity contribution in [1.82, 2.24) is 9.97 Å². The molecular weight excluding hydrogens is 394 g/mol. The van der Waals surface area contributed by atoms with Crippen molar-refractivity contribution in [3.63, 3.8) is 0 Å². The smallest absolute Gasteiger partial charge is 0.228 e. The van der Waals surface area contributed by atoms with Crippen LogP contribution in [0.25, 0.3) is 0 Å². The Hall–Kier alpha value is -3.08. The number of nitrogens with one attached hydrogen (secondary N) is 1. The van der Waals surface area contributed by atoms with Crippen LogP contribution in [-0.2, 0) is 11.2 Å². The van der Waals surface area contributed by atoms with Gasteiger partial charge in [0, 0.05) is 41.1 Å². The Morgan fingerprint density at radius 1 is 1.10 bits per heavy atom. The molecule has 1 aliphatic heterocycles. The molecule has 0 saturated carbocycles. The van der Waals surface area contributed by atoms with Crippen molar-refractivity contribution < 1.29 is 4.74 Å². The third-order valence-corrected chi connectivity index (χ3v) is 5.96. The summed E-state index contributed by atoms with van der Waals surface area (Å²) in [7, 11) is 0. The van der Waals surface area contributed by atoms with Gasteiger partial charge in [0.1, 0.15) is 5.03 Å². The summed E-state index contributed by atoms with van der Waals surface area (Å²) >= 11 is 1.59. The predicted octanol–water partition coefficient (Wildman–Crippen LogP) is 4.58. The maximum Gasteiger partial charge on any atom is 0.228 e. The molecule has 1 aromatic heterocycles. The first-order chi connectivity index (χ1) is 14.7. The molecule has 2 heterocycles. The Balaban J connectivity index is 1.44. The largest absolute Gasteiger partial charge is 0.378 e. The van der Waals surface area contributed by atoms with Gasteiger partial charge in [-0.25, -0.2) is 9.97 Å². The number of aromatic nitrogens is 2. The van der Waals surface area contributed by atoms with Crippen molar-refractivity contribution in [3.8, 4) is 6.07 Å². The van der Waals surface area contributed by atoms with Crippen LogP contribution in [0.4, 0.5) is 17.3 Å². The summed E-state index contributed by atoms with van der Waals surface area (Å²) in [4.78, 5) is 12.5. The fourth-order valence-electron chi connectivity index (χ4n) is 3.17. The third-order valence-electron chi connectivity index (χ3n) is 4.85. The first kappa shape index (κ1) is 20.2. The minimum atomic E-state index is 0.426. The third kappa shape index (κ3) is 5.09. The first-order valence-electron chi connectivity index (χ1n) is 9.88. The molecule has 2 aromatic carbocycles. The minimum absolute atomic E-state index is 0.426. The van der Waals surface area contributed by atoms with Crippen molar-refractivity contribution in [3.05, 3.63) is 65.9 Å². The Labute approximate surface area is 180 Å². The van der Waals surface area contributed by atoms with Crippen LogP contribution in [0, 0.1) is 18.3 Å². The van der Waals surface area contributed by atoms with Crippen LogP contribution in [0.2, 0.25) is 0 Å². The average molecular weight is 418 g/mol. The summed E-state index contributed by atoms with van der Waals surface area (Å²) in [6, 6.07) is 18.5. The van der Waals surface area contributed by atoms with E-state index in [9.17, 15) is 0 Å². The number of morpholine rings is 1. The van der Waals surface area contributed by atoms with Gasteiger partial charge in [0.2, 0.25) is 5.95 Å². The molecule has 30 heavy (non-hydrogen) atoms. The summed E-state index contributed by atoms with van der Waals surface area (Å²) in [5.41, 5.74) is 4.19. The van der Waals surface area contributed by atoms with Gasteiger partial charge in [0.15, 0.2) is 0 Å². The normalized spacial score (nSPS) is 13.7. The molecule has 0 atom stereocenters. The molecular formula is C23H23N5OS. The average Bonchev–Trinajstić information content (AvgIpc) is 2.79. The maximum absolute atomic E-state index is 8.81. The van der Waals surface area contributed by atoms with Gasteiger partial charge in [-0.2, -0.15) is 5.26 Å². The fraction of sp³-hybridized carbons (Fsp3) is 0.261.